The monoisotopic (exact) mass is 499 g/mol. The van der Waals surface area contributed by atoms with Crippen molar-refractivity contribution in [2.45, 2.75) is 13.5 Å². The van der Waals surface area contributed by atoms with E-state index in [4.69, 9.17) is 4.98 Å². The van der Waals surface area contributed by atoms with Crippen LogP contribution in [0.3, 0.4) is 0 Å². The predicted octanol–water partition coefficient (Wildman–Crippen LogP) is 4.99. The summed E-state index contributed by atoms with van der Waals surface area (Å²) in [6.07, 6.45) is 1.56. The van der Waals surface area contributed by atoms with Gasteiger partial charge in [-0.25, -0.2) is 18.7 Å². The van der Waals surface area contributed by atoms with Crippen LogP contribution in [-0.4, -0.2) is 42.1 Å². The fraction of sp³-hybridized carbons (Fsp3) is 0.207. The van der Waals surface area contributed by atoms with Crippen molar-refractivity contribution in [3.05, 3.63) is 107 Å². The third kappa shape index (κ3) is 5.58. The van der Waals surface area contributed by atoms with E-state index < -0.39 is 0 Å². The number of hydrogen-bond donors (Lipinski definition) is 1. The van der Waals surface area contributed by atoms with E-state index in [1.807, 2.05) is 47.1 Å². The van der Waals surface area contributed by atoms with Crippen LogP contribution in [0.2, 0.25) is 0 Å². The number of aryl methyl sites for hydroxylation is 1. The molecule has 3 aromatic carbocycles. The predicted molar refractivity (Wildman–Crippen MR) is 141 cm³/mol. The highest BCUT2D eigenvalue weighted by Gasteiger charge is 2.25. The summed E-state index contributed by atoms with van der Waals surface area (Å²) < 4.78 is 27.6. The van der Waals surface area contributed by atoms with Crippen LogP contribution < -0.4 is 15.1 Å². The molecule has 0 unspecified atom stereocenters. The largest absolute Gasteiger partial charge is 0.366 e. The van der Waals surface area contributed by atoms with E-state index in [1.54, 1.807) is 30.5 Å². The molecule has 1 amide bonds. The van der Waals surface area contributed by atoms with Crippen LogP contribution in [0.4, 0.5) is 20.3 Å². The number of nitrogens with one attached hydrogen (secondary N) is 1. The standard InChI is InChI=1S/C29H27F2N5O/c1-20-5-4-6-22(17-20)27-32-19-24(29(37)33-18-21-9-11-23(30)12-10-21)28(34-27)36-15-13-35(14-16-36)26-8-3-2-7-25(26)31/h2-12,17,19H,13-16,18H2,1H3,(H,33,37). The molecule has 1 saturated heterocycles. The van der Waals surface area contributed by atoms with E-state index in [9.17, 15) is 13.6 Å². The quantitative estimate of drug-likeness (QED) is 0.405. The lowest BCUT2D eigenvalue weighted by atomic mass is 10.1. The van der Waals surface area contributed by atoms with Crippen molar-refractivity contribution < 1.29 is 13.6 Å². The molecule has 1 aliphatic rings. The zero-order valence-electron chi connectivity index (χ0n) is 20.5. The topological polar surface area (TPSA) is 61.4 Å². The molecule has 2 heterocycles. The number of amides is 1. The van der Waals surface area contributed by atoms with E-state index in [0.29, 0.717) is 49.1 Å². The second kappa shape index (κ2) is 10.7. The number of anilines is 2. The number of nitrogens with zero attached hydrogens (tertiary/aromatic N) is 4. The van der Waals surface area contributed by atoms with Crippen LogP contribution in [0.1, 0.15) is 21.5 Å². The minimum atomic E-state index is -0.327. The molecule has 6 nitrogen and oxygen atoms in total. The normalized spacial score (nSPS) is 13.5. The molecule has 4 aromatic rings. The van der Waals surface area contributed by atoms with Gasteiger partial charge in [-0.05, 0) is 42.8 Å². The average molecular weight is 500 g/mol. The van der Waals surface area contributed by atoms with E-state index in [0.717, 1.165) is 16.7 Å². The van der Waals surface area contributed by atoms with Gasteiger partial charge in [0.15, 0.2) is 5.82 Å². The highest BCUT2D eigenvalue weighted by atomic mass is 19.1. The van der Waals surface area contributed by atoms with Crippen molar-refractivity contribution >= 4 is 17.4 Å². The summed E-state index contributed by atoms with van der Waals surface area (Å²) in [5, 5.41) is 2.90. The van der Waals surface area contributed by atoms with Crippen molar-refractivity contribution in [2.75, 3.05) is 36.0 Å². The zero-order valence-corrected chi connectivity index (χ0v) is 20.5. The summed E-state index contributed by atoms with van der Waals surface area (Å²) >= 11 is 0. The first-order valence-electron chi connectivity index (χ1n) is 12.2. The number of aromatic nitrogens is 2. The molecule has 1 aliphatic heterocycles. The number of halogens is 2. The molecular weight excluding hydrogens is 472 g/mol. The van der Waals surface area contributed by atoms with Crippen molar-refractivity contribution in [3.63, 3.8) is 0 Å². The minimum absolute atomic E-state index is 0.249. The second-order valence-corrected chi connectivity index (χ2v) is 9.04. The van der Waals surface area contributed by atoms with Gasteiger partial charge in [-0.15, -0.1) is 0 Å². The molecule has 37 heavy (non-hydrogen) atoms. The van der Waals surface area contributed by atoms with Gasteiger partial charge in [-0.3, -0.25) is 4.79 Å². The van der Waals surface area contributed by atoms with Gasteiger partial charge in [0.2, 0.25) is 0 Å². The summed E-state index contributed by atoms with van der Waals surface area (Å²) in [5.41, 5.74) is 3.67. The van der Waals surface area contributed by atoms with E-state index >= 15 is 0 Å². The SMILES string of the molecule is Cc1cccc(-c2ncc(C(=O)NCc3ccc(F)cc3)c(N3CCN(c4ccccc4F)CC3)n2)c1. The molecule has 0 spiro atoms. The molecular formula is C29H27F2N5O. The Morgan fingerprint density at radius 3 is 2.38 bits per heavy atom. The van der Waals surface area contributed by atoms with Crippen LogP contribution >= 0.6 is 0 Å². The van der Waals surface area contributed by atoms with Crippen LogP contribution in [0.25, 0.3) is 11.4 Å². The molecule has 1 N–H and O–H groups in total. The van der Waals surface area contributed by atoms with Crippen molar-refractivity contribution in [2.24, 2.45) is 0 Å². The fourth-order valence-electron chi connectivity index (χ4n) is 4.44. The number of carbonyl (C=O) groups is 1. The first-order valence-corrected chi connectivity index (χ1v) is 12.2. The molecule has 0 radical (unpaired) electrons. The van der Waals surface area contributed by atoms with E-state index in [2.05, 4.69) is 10.3 Å². The average Bonchev–Trinajstić information content (AvgIpc) is 2.93. The highest BCUT2D eigenvalue weighted by Crippen LogP contribution is 2.26. The Morgan fingerprint density at radius 2 is 1.65 bits per heavy atom. The number of carbonyl (C=O) groups excluding carboxylic acids is 1. The molecule has 8 heteroatoms. The Morgan fingerprint density at radius 1 is 0.919 bits per heavy atom. The van der Waals surface area contributed by atoms with Crippen LogP contribution in [0.15, 0.2) is 79.0 Å². The Bertz CT molecular complexity index is 1400. The Hall–Kier alpha value is -4.33. The lowest BCUT2D eigenvalue weighted by molar-refractivity contribution is 0.0950. The fourth-order valence-corrected chi connectivity index (χ4v) is 4.44. The Balaban J connectivity index is 1.40. The number of para-hydroxylation sites is 1. The number of rotatable bonds is 6. The van der Waals surface area contributed by atoms with Gasteiger partial charge in [0, 0.05) is 44.5 Å². The molecule has 0 bridgehead atoms. The maximum Gasteiger partial charge on any atom is 0.256 e. The molecule has 1 aromatic heterocycles. The van der Waals surface area contributed by atoms with Crippen molar-refractivity contribution in [3.8, 4) is 11.4 Å². The maximum atomic E-state index is 14.3. The zero-order chi connectivity index (χ0) is 25.8. The van der Waals surface area contributed by atoms with Crippen LogP contribution in [-0.2, 0) is 6.54 Å². The molecule has 0 aliphatic carbocycles. The minimum Gasteiger partial charge on any atom is -0.366 e. The highest BCUT2D eigenvalue weighted by molar-refractivity contribution is 5.99. The Kier molecular flexibility index (Phi) is 7.07. The molecule has 0 saturated carbocycles. The van der Waals surface area contributed by atoms with E-state index in [1.165, 1.54) is 18.2 Å². The smallest absolute Gasteiger partial charge is 0.256 e. The van der Waals surface area contributed by atoms with Gasteiger partial charge in [0.1, 0.15) is 23.0 Å². The maximum absolute atomic E-state index is 14.3. The first-order chi connectivity index (χ1) is 18.0. The summed E-state index contributed by atoms with van der Waals surface area (Å²) in [6, 6.07) is 20.6. The summed E-state index contributed by atoms with van der Waals surface area (Å²) in [5.74, 6) is 0.181. The Labute approximate surface area is 214 Å². The lowest BCUT2D eigenvalue weighted by Gasteiger charge is -2.37. The molecule has 1 fully saturated rings. The van der Waals surface area contributed by atoms with Gasteiger partial charge >= 0.3 is 0 Å². The third-order valence-corrected chi connectivity index (χ3v) is 6.43. The number of piperazine rings is 1. The van der Waals surface area contributed by atoms with Crippen LogP contribution in [0.5, 0.6) is 0 Å². The first kappa shape index (κ1) is 24.4. The molecule has 188 valence electrons. The molecule has 0 atom stereocenters. The number of benzene rings is 3. The second-order valence-electron chi connectivity index (χ2n) is 9.04. The van der Waals surface area contributed by atoms with Crippen molar-refractivity contribution in [1.29, 1.82) is 0 Å². The summed E-state index contributed by atoms with van der Waals surface area (Å²) in [6.45, 7) is 4.55. The third-order valence-electron chi connectivity index (χ3n) is 6.43. The van der Waals surface area contributed by atoms with Crippen molar-refractivity contribution in [1.82, 2.24) is 15.3 Å². The lowest BCUT2D eigenvalue weighted by Crippen LogP contribution is -2.47. The summed E-state index contributed by atoms with van der Waals surface area (Å²) in [4.78, 5) is 26.6. The van der Waals surface area contributed by atoms with Gasteiger partial charge in [0.25, 0.3) is 5.91 Å². The van der Waals surface area contributed by atoms with Crippen LogP contribution in [0, 0.1) is 18.6 Å². The van der Waals surface area contributed by atoms with Gasteiger partial charge in [-0.2, -0.15) is 0 Å². The van der Waals surface area contributed by atoms with Gasteiger partial charge in [0.05, 0.1) is 5.69 Å². The van der Waals surface area contributed by atoms with E-state index in [-0.39, 0.29) is 24.1 Å². The summed E-state index contributed by atoms with van der Waals surface area (Å²) in [7, 11) is 0. The molecule has 5 rings (SSSR count). The van der Waals surface area contributed by atoms with Gasteiger partial charge in [-0.1, -0.05) is 48.0 Å². The number of hydrogen-bond acceptors (Lipinski definition) is 5. The van der Waals surface area contributed by atoms with Gasteiger partial charge < -0.3 is 15.1 Å².